The van der Waals surface area contributed by atoms with Crippen molar-refractivity contribution in [2.45, 2.75) is 18.6 Å². The van der Waals surface area contributed by atoms with Crippen LogP contribution < -0.4 is 0 Å². The van der Waals surface area contributed by atoms with E-state index in [4.69, 9.17) is 11.0 Å². The number of rotatable bonds is 6. The Morgan fingerprint density at radius 1 is 1.32 bits per heavy atom. The maximum atomic E-state index is 14.9. The maximum absolute atomic E-state index is 14.9. The summed E-state index contributed by atoms with van der Waals surface area (Å²) in [5.41, 5.74) is -4.34. The van der Waals surface area contributed by atoms with Gasteiger partial charge in [0.25, 0.3) is 0 Å². The third-order valence-corrected chi connectivity index (χ3v) is 2.53. The number of benzene rings is 1. The van der Waals surface area contributed by atoms with Crippen LogP contribution in [0.2, 0.25) is 0 Å². The summed E-state index contributed by atoms with van der Waals surface area (Å²) in [5.74, 6) is -3.02. The Morgan fingerprint density at radius 3 is 2.91 bits per heavy atom. The first-order chi connectivity index (χ1) is 14.0. The lowest BCUT2D eigenvalue weighted by atomic mass is 9.93. The summed E-state index contributed by atoms with van der Waals surface area (Å²) in [6, 6.07) is -2.15. The van der Waals surface area contributed by atoms with Crippen LogP contribution in [0.15, 0.2) is 43.4 Å². The van der Waals surface area contributed by atoms with Crippen molar-refractivity contribution in [1.29, 1.82) is 1.43 Å². The zero-order valence-electron chi connectivity index (χ0n) is 18.7. The average Bonchev–Trinajstić information content (AvgIpc) is 3.32. The van der Waals surface area contributed by atoms with Crippen LogP contribution in [0.1, 0.15) is 15.2 Å². The van der Waals surface area contributed by atoms with Gasteiger partial charge in [0.05, 0.1) is 19.9 Å². The Hall–Kier alpha value is -2.68. The SMILES string of the molecule is [2H]OC(c1c(F)cc(F)c([2H])c1[2H])(C([2H])n1cncn1)C([2H])([2H])n1nc([2H])nc1[2H]. The van der Waals surface area contributed by atoms with Crippen molar-refractivity contribution < 1.29 is 23.5 Å². The first-order valence-electron chi connectivity index (χ1n) is 9.74. The summed E-state index contributed by atoms with van der Waals surface area (Å²) in [7, 11) is 0. The quantitative estimate of drug-likeness (QED) is 0.725. The van der Waals surface area contributed by atoms with E-state index in [1.54, 1.807) is 0 Å². The molecule has 0 aliphatic carbocycles. The molecule has 0 radical (unpaired) electrons. The van der Waals surface area contributed by atoms with Crippen LogP contribution in [-0.2, 0) is 18.6 Å². The van der Waals surface area contributed by atoms with Gasteiger partial charge in [-0.05, 0) is 6.04 Å². The molecule has 114 valence electrons. The Balaban J connectivity index is 2.44. The smallest absolute Gasteiger partial charge is 0.212 e. The molecule has 2 unspecified atom stereocenters. The van der Waals surface area contributed by atoms with E-state index in [-0.39, 0.29) is 10.7 Å². The predicted octanol–water partition coefficient (Wildman–Crippen LogP) is 0.736. The molecule has 0 fully saturated rings. The molecule has 0 saturated carbocycles. The van der Waals surface area contributed by atoms with E-state index in [1.165, 1.54) is 0 Å². The van der Waals surface area contributed by atoms with Gasteiger partial charge in [0.1, 0.15) is 45.2 Å². The topological polar surface area (TPSA) is 81.6 Å². The van der Waals surface area contributed by atoms with Gasteiger partial charge in [0, 0.05) is 11.6 Å². The Kier molecular flexibility index (Phi) is 1.92. The van der Waals surface area contributed by atoms with Crippen LogP contribution in [0, 0.1) is 11.6 Å². The van der Waals surface area contributed by atoms with Gasteiger partial charge < -0.3 is 5.11 Å². The lowest BCUT2D eigenvalue weighted by Gasteiger charge is -2.28. The van der Waals surface area contributed by atoms with Crippen molar-refractivity contribution >= 4 is 0 Å². The number of hydrogen-bond acceptors (Lipinski definition) is 5. The third-order valence-electron chi connectivity index (χ3n) is 2.53. The van der Waals surface area contributed by atoms with Gasteiger partial charge in [0.15, 0.2) is 0 Å². The van der Waals surface area contributed by atoms with Crippen molar-refractivity contribution in [3.63, 3.8) is 0 Å². The van der Waals surface area contributed by atoms with Crippen molar-refractivity contribution in [3.8, 4) is 0 Å². The van der Waals surface area contributed by atoms with E-state index in [2.05, 4.69) is 25.3 Å². The number of aromatic nitrogens is 6. The summed E-state index contributed by atoms with van der Waals surface area (Å²) in [4.78, 5) is 6.90. The van der Waals surface area contributed by atoms with Gasteiger partial charge >= 0.3 is 0 Å². The number of aliphatic hydroxyl groups is 1. The highest BCUT2D eigenvalue weighted by atomic mass is 19.1. The highest BCUT2D eigenvalue weighted by Gasteiger charge is 2.34. The number of hydrogen-bond donors (Lipinski definition) is 1. The molecule has 0 spiro atoms. The van der Waals surface area contributed by atoms with E-state index in [0.717, 1.165) is 12.7 Å². The van der Waals surface area contributed by atoms with Gasteiger partial charge in [0.2, 0.25) is 1.43 Å². The molecule has 0 aliphatic rings. The monoisotopic (exact) mass is 314 g/mol. The van der Waals surface area contributed by atoms with Crippen molar-refractivity contribution in [2.24, 2.45) is 0 Å². The van der Waals surface area contributed by atoms with Gasteiger partial charge in [-0.1, -0.05) is 6.04 Å². The highest BCUT2D eigenvalue weighted by Crippen LogP contribution is 2.28. The van der Waals surface area contributed by atoms with E-state index >= 15 is 0 Å². The standard InChI is InChI=1S/C13H12F2N6O/c14-10-1-2-11(12(15)3-10)13(22,4-20-8-16-6-18-20)5-21-9-17-7-19-21/h1-3,6-9,22H,4-5H2/i1D,2D,4D,5D2,7D,9D,22D. The molecule has 1 N–H and O–H groups in total. The first-order valence-corrected chi connectivity index (χ1v) is 5.76. The molecule has 1 aromatic carbocycles. The lowest BCUT2D eigenvalue weighted by molar-refractivity contribution is -0.00855. The summed E-state index contributed by atoms with van der Waals surface area (Å²) in [6.07, 6.45) is 0.152. The summed E-state index contributed by atoms with van der Waals surface area (Å²) in [6.45, 7) is -5.52. The number of nitrogens with zero attached hydrogens (tertiary/aromatic N) is 6. The molecule has 7 nitrogen and oxygen atoms in total. The van der Waals surface area contributed by atoms with E-state index < -0.39 is 60.5 Å². The summed E-state index contributed by atoms with van der Waals surface area (Å²) in [5, 5.41) is 11.6. The second-order valence-corrected chi connectivity index (χ2v) is 4.04. The normalized spacial score (nSPS) is 21.2. The molecule has 3 aromatic rings. The molecule has 0 bridgehead atoms. The van der Waals surface area contributed by atoms with E-state index in [0.29, 0.717) is 4.68 Å². The van der Waals surface area contributed by atoms with Crippen molar-refractivity contribution in [3.05, 3.63) is 60.6 Å². The molecular formula is C13H12F2N6O. The second-order valence-electron chi connectivity index (χ2n) is 4.04. The van der Waals surface area contributed by atoms with Gasteiger partial charge in [-0.3, -0.25) is 0 Å². The van der Waals surface area contributed by atoms with Crippen LogP contribution in [0.25, 0.3) is 0 Å². The van der Waals surface area contributed by atoms with E-state index in [1.807, 2.05) is 0 Å². The van der Waals surface area contributed by atoms with Crippen LogP contribution in [0.4, 0.5) is 8.78 Å². The minimum absolute atomic E-state index is 0.161. The molecule has 0 amide bonds. The molecule has 0 aliphatic heterocycles. The molecule has 22 heavy (non-hydrogen) atoms. The number of halogens is 2. The molecule has 0 saturated heterocycles. The minimum Gasteiger partial charge on any atom is -0.381 e. The fourth-order valence-corrected chi connectivity index (χ4v) is 1.66. The van der Waals surface area contributed by atoms with Crippen molar-refractivity contribution in [2.75, 3.05) is 0 Å². The van der Waals surface area contributed by atoms with E-state index in [9.17, 15) is 8.78 Å². The molecular weight excluding hydrogens is 294 g/mol. The highest BCUT2D eigenvalue weighted by molar-refractivity contribution is 5.25. The Bertz CT molecular complexity index is 1080. The lowest BCUT2D eigenvalue weighted by Crippen LogP contribution is -2.37. The molecule has 2 heterocycles. The molecule has 3 rings (SSSR count). The fraction of sp³-hybridized carbons (Fsp3) is 0.231. The third kappa shape index (κ3) is 2.84. The predicted molar refractivity (Wildman–Crippen MR) is 70.3 cm³/mol. The van der Waals surface area contributed by atoms with Crippen LogP contribution >= 0.6 is 0 Å². The van der Waals surface area contributed by atoms with Gasteiger partial charge in [-0.15, -0.1) is 0 Å². The zero-order valence-corrected chi connectivity index (χ0v) is 10.7. The molecule has 2 atom stereocenters. The van der Waals surface area contributed by atoms with Crippen LogP contribution in [0.5, 0.6) is 0 Å². The van der Waals surface area contributed by atoms with Gasteiger partial charge in [-0.2, -0.15) is 10.2 Å². The van der Waals surface area contributed by atoms with Gasteiger partial charge in [-0.25, -0.2) is 28.1 Å². The molecule has 9 heteroatoms. The average molecular weight is 314 g/mol. The summed E-state index contributed by atoms with van der Waals surface area (Å²) >= 11 is 0. The van der Waals surface area contributed by atoms with Crippen LogP contribution in [-0.4, -0.2) is 36.1 Å². The second kappa shape index (κ2) is 5.60. The Labute approximate surface area is 135 Å². The minimum atomic E-state index is -3.34. The van der Waals surface area contributed by atoms with Crippen LogP contribution in [0.3, 0.4) is 0 Å². The zero-order chi connectivity index (χ0) is 22.4. The summed E-state index contributed by atoms with van der Waals surface area (Å²) < 4.78 is 93.4. The largest absolute Gasteiger partial charge is 0.381 e. The van der Waals surface area contributed by atoms with Crippen molar-refractivity contribution in [1.82, 2.24) is 29.5 Å². The Morgan fingerprint density at radius 2 is 2.23 bits per heavy atom. The fourth-order valence-electron chi connectivity index (χ4n) is 1.66. The maximum Gasteiger partial charge on any atom is 0.212 e. The molecule has 2 aromatic heterocycles. The first kappa shape index (κ1) is 7.54.